The Bertz CT molecular complexity index is 657. The van der Waals surface area contributed by atoms with Crippen LogP contribution in [0.15, 0.2) is 24.3 Å². The van der Waals surface area contributed by atoms with Crippen molar-refractivity contribution in [2.24, 2.45) is 0 Å². The van der Waals surface area contributed by atoms with E-state index < -0.39 is 0 Å². The predicted molar refractivity (Wildman–Crippen MR) is 93.1 cm³/mol. The van der Waals surface area contributed by atoms with E-state index in [9.17, 15) is 0 Å². The summed E-state index contributed by atoms with van der Waals surface area (Å²) in [6, 6.07) is 9.97. The fourth-order valence-corrected chi connectivity index (χ4v) is 4.66. The molecular weight excluding hydrogens is 308 g/mol. The fourth-order valence-electron chi connectivity index (χ4n) is 3.84. The monoisotopic (exact) mass is 330 g/mol. The number of nitrogens with one attached hydrogen (secondary N) is 1. The van der Waals surface area contributed by atoms with Crippen LogP contribution in [0.3, 0.4) is 0 Å². The van der Waals surface area contributed by atoms with Gasteiger partial charge in [0.1, 0.15) is 10.8 Å². The maximum absolute atomic E-state index is 5.20. The zero-order valence-electron chi connectivity index (χ0n) is 13.5. The summed E-state index contributed by atoms with van der Waals surface area (Å²) in [4.78, 5) is 2.56. The summed E-state index contributed by atoms with van der Waals surface area (Å²) in [5.41, 5.74) is 1.08. The van der Waals surface area contributed by atoms with E-state index in [0.29, 0.717) is 6.04 Å². The van der Waals surface area contributed by atoms with Crippen LogP contribution in [0, 0.1) is 0 Å². The SMILES string of the molecule is COc1ccc(-c2nnc(NC3CC4CCC(C3)N4C)s2)cc1. The number of methoxy groups -OCH3 is 1. The Morgan fingerprint density at radius 2 is 1.83 bits per heavy atom. The summed E-state index contributed by atoms with van der Waals surface area (Å²) >= 11 is 1.63. The first kappa shape index (κ1) is 14.9. The second kappa shape index (κ2) is 6.09. The molecule has 5 nitrogen and oxygen atoms in total. The molecule has 0 radical (unpaired) electrons. The number of anilines is 1. The molecule has 23 heavy (non-hydrogen) atoms. The third kappa shape index (κ3) is 2.93. The van der Waals surface area contributed by atoms with Crippen LogP contribution in [0.25, 0.3) is 10.6 Å². The lowest BCUT2D eigenvalue weighted by atomic mass is 9.98. The normalized spacial score (nSPS) is 27.1. The molecule has 3 heterocycles. The highest BCUT2D eigenvalue weighted by Gasteiger charge is 2.38. The maximum atomic E-state index is 5.20. The van der Waals surface area contributed by atoms with Gasteiger partial charge in [0.2, 0.25) is 5.13 Å². The third-order valence-corrected chi connectivity index (χ3v) is 6.09. The van der Waals surface area contributed by atoms with Crippen LogP contribution in [-0.2, 0) is 0 Å². The van der Waals surface area contributed by atoms with Gasteiger partial charge in [-0.15, -0.1) is 10.2 Å². The number of nitrogens with zero attached hydrogens (tertiary/aromatic N) is 3. The van der Waals surface area contributed by atoms with Crippen molar-refractivity contribution in [1.82, 2.24) is 15.1 Å². The van der Waals surface area contributed by atoms with Crippen molar-refractivity contribution in [3.05, 3.63) is 24.3 Å². The molecule has 1 aromatic carbocycles. The molecule has 2 fully saturated rings. The van der Waals surface area contributed by atoms with E-state index in [4.69, 9.17) is 4.74 Å². The first-order valence-electron chi connectivity index (χ1n) is 8.19. The number of fused-ring (bicyclic) bond motifs is 2. The van der Waals surface area contributed by atoms with Gasteiger partial charge in [-0.2, -0.15) is 0 Å². The molecule has 6 heteroatoms. The molecule has 0 saturated carbocycles. The quantitative estimate of drug-likeness (QED) is 0.932. The lowest BCUT2D eigenvalue weighted by molar-refractivity contribution is 0.169. The Hall–Kier alpha value is -1.66. The fraction of sp³-hybridized carbons (Fsp3) is 0.529. The Labute approximate surface area is 140 Å². The maximum Gasteiger partial charge on any atom is 0.206 e. The van der Waals surface area contributed by atoms with Crippen LogP contribution in [-0.4, -0.2) is 47.4 Å². The van der Waals surface area contributed by atoms with E-state index in [1.807, 2.05) is 24.3 Å². The molecule has 0 spiro atoms. The third-order valence-electron chi connectivity index (χ3n) is 5.19. The van der Waals surface area contributed by atoms with Gasteiger partial charge in [-0.25, -0.2) is 0 Å². The molecule has 2 unspecified atom stereocenters. The van der Waals surface area contributed by atoms with Crippen molar-refractivity contribution in [3.63, 3.8) is 0 Å². The minimum Gasteiger partial charge on any atom is -0.497 e. The highest BCUT2D eigenvalue weighted by Crippen LogP contribution is 2.36. The number of rotatable bonds is 4. The molecule has 0 amide bonds. The summed E-state index contributed by atoms with van der Waals surface area (Å²) < 4.78 is 5.20. The largest absolute Gasteiger partial charge is 0.497 e. The minimum atomic E-state index is 0.528. The lowest BCUT2D eigenvalue weighted by Gasteiger charge is -2.36. The van der Waals surface area contributed by atoms with Crippen molar-refractivity contribution in [1.29, 1.82) is 0 Å². The van der Waals surface area contributed by atoms with Gasteiger partial charge in [0, 0.05) is 23.7 Å². The molecule has 1 N–H and O–H groups in total. The number of aromatic nitrogens is 2. The zero-order chi connectivity index (χ0) is 15.8. The van der Waals surface area contributed by atoms with Gasteiger partial charge in [0.05, 0.1) is 7.11 Å². The summed E-state index contributed by atoms with van der Waals surface area (Å²) in [6.45, 7) is 0. The van der Waals surface area contributed by atoms with Gasteiger partial charge in [0.25, 0.3) is 0 Å². The highest BCUT2D eigenvalue weighted by molar-refractivity contribution is 7.18. The van der Waals surface area contributed by atoms with Crippen molar-refractivity contribution in [3.8, 4) is 16.3 Å². The first-order chi connectivity index (χ1) is 11.2. The molecule has 0 aliphatic carbocycles. The average molecular weight is 330 g/mol. The highest BCUT2D eigenvalue weighted by atomic mass is 32.1. The zero-order valence-corrected chi connectivity index (χ0v) is 14.3. The summed E-state index contributed by atoms with van der Waals surface area (Å²) in [5.74, 6) is 0.860. The van der Waals surface area contributed by atoms with E-state index in [-0.39, 0.29) is 0 Å². The second-order valence-electron chi connectivity index (χ2n) is 6.50. The van der Waals surface area contributed by atoms with Gasteiger partial charge in [0.15, 0.2) is 0 Å². The number of hydrogen-bond acceptors (Lipinski definition) is 6. The Morgan fingerprint density at radius 1 is 1.13 bits per heavy atom. The van der Waals surface area contributed by atoms with Crippen LogP contribution >= 0.6 is 11.3 Å². The van der Waals surface area contributed by atoms with E-state index in [1.54, 1.807) is 18.4 Å². The van der Waals surface area contributed by atoms with Crippen LogP contribution in [0.5, 0.6) is 5.75 Å². The number of ether oxygens (including phenoxy) is 1. The van der Waals surface area contributed by atoms with Crippen LogP contribution < -0.4 is 10.1 Å². The van der Waals surface area contributed by atoms with Crippen molar-refractivity contribution >= 4 is 16.5 Å². The molecule has 2 bridgehead atoms. The average Bonchev–Trinajstić information content (AvgIpc) is 3.09. The van der Waals surface area contributed by atoms with Gasteiger partial charge < -0.3 is 15.0 Å². The molecule has 2 aromatic rings. The first-order valence-corrected chi connectivity index (χ1v) is 9.01. The van der Waals surface area contributed by atoms with Gasteiger partial charge in [-0.05, 0) is 57.0 Å². The standard InChI is InChI=1S/C17H22N4OS/c1-21-13-5-6-14(21)10-12(9-13)18-17-20-19-16(23-17)11-3-7-15(22-2)8-4-11/h3-4,7-8,12-14H,5-6,9-10H2,1-2H3,(H,18,20). The van der Waals surface area contributed by atoms with E-state index in [0.717, 1.165) is 33.5 Å². The Morgan fingerprint density at radius 3 is 2.48 bits per heavy atom. The van der Waals surface area contributed by atoms with E-state index >= 15 is 0 Å². The van der Waals surface area contributed by atoms with Crippen LogP contribution in [0.2, 0.25) is 0 Å². The topological polar surface area (TPSA) is 50.3 Å². The molecule has 2 saturated heterocycles. The molecule has 2 aliphatic heterocycles. The second-order valence-corrected chi connectivity index (χ2v) is 7.48. The summed E-state index contributed by atoms with van der Waals surface area (Å²) in [5, 5.41) is 14.2. The molecule has 122 valence electrons. The summed E-state index contributed by atoms with van der Waals surface area (Å²) in [6.07, 6.45) is 5.11. The number of benzene rings is 1. The van der Waals surface area contributed by atoms with Crippen molar-refractivity contribution < 1.29 is 4.74 Å². The van der Waals surface area contributed by atoms with Crippen LogP contribution in [0.1, 0.15) is 25.7 Å². The molecule has 2 atom stereocenters. The minimum absolute atomic E-state index is 0.528. The molecule has 4 rings (SSSR count). The van der Waals surface area contributed by atoms with E-state index in [1.165, 1.54) is 25.7 Å². The van der Waals surface area contributed by atoms with Gasteiger partial charge in [-0.3, -0.25) is 0 Å². The Kier molecular flexibility index (Phi) is 3.95. The molecule has 2 aliphatic rings. The van der Waals surface area contributed by atoms with Crippen LogP contribution in [0.4, 0.5) is 5.13 Å². The number of piperidine rings is 1. The van der Waals surface area contributed by atoms with Gasteiger partial charge in [-0.1, -0.05) is 11.3 Å². The smallest absolute Gasteiger partial charge is 0.206 e. The van der Waals surface area contributed by atoms with Crippen molar-refractivity contribution in [2.75, 3.05) is 19.5 Å². The molecular formula is C17H22N4OS. The Balaban J connectivity index is 1.44. The predicted octanol–water partition coefficient (Wildman–Crippen LogP) is 3.25. The van der Waals surface area contributed by atoms with Crippen molar-refractivity contribution in [2.45, 2.75) is 43.8 Å². The summed E-state index contributed by atoms with van der Waals surface area (Å²) in [7, 11) is 3.95. The lowest BCUT2D eigenvalue weighted by Crippen LogP contribution is -2.44. The van der Waals surface area contributed by atoms with Gasteiger partial charge >= 0.3 is 0 Å². The number of hydrogen-bond donors (Lipinski definition) is 1. The molecule has 1 aromatic heterocycles. The van der Waals surface area contributed by atoms with E-state index in [2.05, 4.69) is 27.5 Å².